The summed E-state index contributed by atoms with van der Waals surface area (Å²) in [6, 6.07) is -0.746. The number of Topliss-reactive ketones (excluding diaryl/α,β-unsaturated/α-hetero) is 1. The molecule has 0 spiro atoms. The van der Waals surface area contributed by atoms with Crippen LogP contribution in [0.1, 0.15) is 39.0 Å². The van der Waals surface area contributed by atoms with Gasteiger partial charge in [-0.15, -0.1) is 0 Å². The molecule has 2 bridgehead atoms. The average molecular weight is 303 g/mol. The molecule has 0 aromatic carbocycles. The van der Waals surface area contributed by atoms with Crippen LogP contribution < -0.4 is 0 Å². The second kappa shape index (κ2) is 7.29. The highest BCUT2D eigenvalue weighted by Gasteiger charge is 2.49. The third kappa shape index (κ3) is 3.45. The van der Waals surface area contributed by atoms with Crippen LogP contribution >= 0.6 is 11.8 Å². The first-order chi connectivity index (χ1) is 9.65. The lowest BCUT2D eigenvalue weighted by Gasteiger charge is -2.34. The van der Waals surface area contributed by atoms with Crippen molar-refractivity contribution in [2.45, 2.75) is 57.3 Å². The van der Waals surface area contributed by atoms with Gasteiger partial charge in [0.05, 0.1) is 12.6 Å². The van der Waals surface area contributed by atoms with Crippen molar-refractivity contribution in [2.24, 2.45) is 0 Å². The highest BCUT2D eigenvalue weighted by atomic mass is 32.2. The second-order valence-electron chi connectivity index (χ2n) is 5.36. The third-order valence-electron chi connectivity index (χ3n) is 3.85. The van der Waals surface area contributed by atoms with Gasteiger partial charge in [0, 0.05) is 12.5 Å². The van der Waals surface area contributed by atoms with Gasteiger partial charge in [-0.2, -0.15) is 11.8 Å². The van der Waals surface area contributed by atoms with Crippen molar-refractivity contribution in [1.29, 1.82) is 0 Å². The van der Waals surface area contributed by atoms with E-state index in [1.54, 1.807) is 0 Å². The lowest BCUT2D eigenvalue weighted by molar-refractivity contribution is -0.129. The monoisotopic (exact) mass is 303 g/mol. The van der Waals surface area contributed by atoms with Crippen LogP contribution in [0.15, 0.2) is 0 Å². The van der Waals surface area contributed by atoms with Crippen LogP contribution in [0.2, 0.25) is 0 Å². The van der Waals surface area contributed by atoms with E-state index in [1.807, 2.05) is 11.8 Å². The van der Waals surface area contributed by atoms with Gasteiger partial charge >= 0.3 is 6.09 Å². The highest BCUT2D eigenvalue weighted by molar-refractivity contribution is 7.99. The highest BCUT2D eigenvalue weighted by Crippen LogP contribution is 2.36. The molecule has 114 valence electrons. The summed E-state index contributed by atoms with van der Waals surface area (Å²) >= 11 is 1.85. The molecular weight excluding hydrogens is 281 g/mol. The van der Waals surface area contributed by atoms with Crippen LogP contribution in [-0.4, -0.2) is 53.1 Å². The van der Waals surface area contributed by atoms with E-state index >= 15 is 0 Å². The van der Waals surface area contributed by atoms with Crippen molar-refractivity contribution < 1.29 is 18.7 Å². The number of halogens is 1. The SMILES string of the molecule is CCCSCCCOC(=O)N1[C@@H]2CC[C@H]1[C@H](F)C(=O)C2. The minimum Gasteiger partial charge on any atom is -0.449 e. The molecule has 2 fully saturated rings. The van der Waals surface area contributed by atoms with E-state index in [0.717, 1.165) is 24.3 Å². The molecule has 0 aromatic heterocycles. The molecule has 2 aliphatic rings. The fourth-order valence-electron chi connectivity index (χ4n) is 2.89. The van der Waals surface area contributed by atoms with E-state index in [9.17, 15) is 14.0 Å². The van der Waals surface area contributed by atoms with Crippen LogP contribution in [0.25, 0.3) is 0 Å². The summed E-state index contributed by atoms with van der Waals surface area (Å²) in [5.74, 6) is 1.73. The molecule has 4 nitrogen and oxygen atoms in total. The minimum atomic E-state index is -1.53. The van der Waals surface area contributed by atoms with Crippen LogP contribution in [0.4, 0.5) is 9.18 Å². The Balaban J connectivity index is 1.74. The maximum Gasteiger partial charge on any atom is 0.410 e. The number of nitrogens with zero attached hydrogens (tertiary/aromatic N) is 1. The third-order valence-corrected chi connectivity index (χ3v) is 5.12. The van der Waals surface area contributed by atoms with Crippen molar-refractivity contribution in [2.75, 3.05) is 18.1 Å². The zero-order valence-corrected chi connectivity index (χ0v) is 12.7. The Morgan fingerprint density at radius 3 is 3.00 bits per heavy atom. The van der Waals surface area contributed by atoms with Crippen molar-refractivity contribution in [1.82, 2.24) is 4.90 Å². The Hall–Kier alpha value is -0.780. The molecule has 0 aromatic rings. The largest absolute Gasteiger partial charge is 0.449 e. The predicted molar refractivity (Wildman–Crippen MR) is 76.8 cm³/mol. The summed E-state index contributed by atoms with van der Waals surface area (Å²) in [6.45, 7) is 2.50. The van der Waals surface area contributed by atoms with Crippen LogP contribution in [0.5, 0.6) is 0 Å². The molecule has 0 saturated carbocycles. The molecule has 0 aliphatic carbocycles. The number of thioether (sulfide) groups is 1. The van der Waals surface area contributed by atoms with E-state index in [-0.39, 0.29) is 18.2 Å². The van der Waals surface area contributed by atoms with Crippen LogP contribution in [-0.2, 0) is 9.53 Å². The maximum absolute atomic E-state index is 13.8. The van der Waals surface area contributed by atoms with Gasteiger partial charge in [0.1, 0.15) is 0 Å². The van der Waals surface area contributed by atoms with Gasteiger partial charge < -0.3 is 4.74 Å². The van der Waals surface area contributed by atoms with Crippen molar-refractivity contribution >= 4 is 23.6 Å². The Kier molecular flexibility index (Phi) is 5.69. The predicted octanol–water partition coefficient (Wildman–Crippen LogP) is 2.80. The van der Waals surface area contributed by atoms with E-state index in [0.29, 0.717) is 19.4 Å². The number of hydrogen-bond donors (Lipinski definition) is 0. The second-order valence-corrected chi connectivity index (χ2v) is 6.58. The number of alkyl halides is 1. The molecule has 2 heterocycles. The van der Waals surface area contributed by atoms with Gasteiger partial charge in [-0.05, 0) is 37.2 Å². The van der Waals surface area contributed by atoms with Gasteiger partial charge in [0.2, 0.25) is 0 Å². The number of carbonyl (C=O) groups is 2. The quantitative estimate of drug-likeness (QED) is 0.708. The molecule has 0 radical (unpaired) electrons. The first-order valence-corrected chi connectivity index (χ1v) is 8.50. The maximum atomic E-state index is 13.8. The number of carbonyl (C=O) groups excluding carboxylic acids is 2. The Bertz CT molecular complexity index is 366. The van der Waals surface area contributed by atoms with Gasteiger partial charge in [-0.3, -0.25) is 9.69 Å². The molecule has 3 atom stereocenters. The normalized spacial score (nSPS) is 28.8. The summed E-state index contributed by atoms with van der Waals surface area (Å²) in [5, 5.41) is 0. The summed E-state index contributed by atoms with van der Waals surface area (Å²) in [6.07, 6.45) is 1.40. The minimum absolute atomic E-state index is 0.138. The Morgan fingerprint density at radius 1 is 1.45 bits per heavy atom. The molecule has 0 N–H and O–H groups in total. The van der Waals surface area contributed by atoms with Crippen LogP contribution in [0.3, 0.4) is 0 Å². The van der Waals surface area contributed by atoms with Gasteiger partial charge in [0.25, 0.3) is 0 Å². The number of fused-ring (bicyclic) bond motifs is 2. The molecule has 0 unspecified atom stereocenters. The zero-order chi connectivity index (χ0) is 14.5. The first kappa shape index (κ1) is 15.6. The standard InChI is InChI=1S/C14H22FNO3S/c1-2-7-20-8-3-6-19-14(18)16-10-4-5-11(16)13(15)12(17)9-10/h10-11,13H,2-9H2,1H3/t10-,11+,13+/m1/s1. The number of piperidine rings is 1. The van der Waals surface area contributed by atoms with Crippen molar-refractivity contribution in [3.05, 3.63) is 0 Å². The van der Waals surface area contributed by atoms with Crippen LogP contribution in [0, 0.1) is 0 Å². The topological polar surface area (TPSA) is 46.6 Å². The lowest BCUT2D eigenvalue weighted by atomic mass is 10.0. The van der Waals surface area contributed by atoms with Crippen molar-refractivity contribution in [3.8, 4) is 0 Å². The number of amides is 1. The summed E-state index contributed by atoms with van der Waals surface area (Å²) in [5.41, 5.74) is 0. The van der Waals surface area contributed by atoms with E-state index < -0.39 is 18.3 Å². The smallest absolute Gasteiger partial charge is 0.410 e. The first-order valence-electron chi connectivity index (χ1n) is 7.34. The van der Waals surface area contributed by atoms with E-state index in [2.05, 4.69) is 6.92 Å². The number of ether oxygens (including phenoxy) is 1. The van der Waals surface area contributed by atoms with Gasteiger partial charge in [-0.25, -0.2) is 9.18 Å². The molecule has 2 saturated heterocycles. The number of rotatable bonds is 6. The molecule has 20 heavy (non-hydrogen) atoms. The Morgan fingerprint density at radius 2 is 2.25 bits per heavy atom. The lowest BCUT2D eigenvalue weighted by Crippen LogP contribution is -2.53. The summed E-state index contributed by atoms with van der Waals surface area (Å²) in [7, 11) is 0. The Labute approximate surface area is 123 Å². The van der Waals surface area contributed by atoms with Crippen molar-refractivity contribution in [3.63, 3.8) is 0 Å². The number of ketones is 1. The van der Waals surface area contributed by atoms with E-state index in [4.69, 9.17) is 4.74 Å². The molecule has 2 aliphatic heterocycles. The van der Waals surface area contributed by atoms with Gasteiger partial charge in [-0.1, -0.05) is 6.92 Å². The molecule has 6 heteroatoms. The molecular formula is C14H22FNO3S. The number of hydrogen-bond acceptors (Lipinski definition) is 4. The van der Waals surface area contributed by atoms with Gasteiger partial charge in [0.15, 0.2) is 12.0 Å². The fourth-order valence-corrected chi connectivity index (χ4v) is 3.70. The molecule has 2 rings (SSSR count). The summed E-state index contributed by atoms with van der Waals surface area (Å²) in [4.78, 5) is 24.9. The van der Waals surface area contributed by atoms with E-state index in [1.165, 1.54) is 4.90 Å². The summed E-state index contributed by atoms with van der Waals surface area (Å²) < 4.78 is 19.0. The average Bonchev–Trinajstić information content (AvgIpc) is 2.78. The fraction of sp³-hybridized carbons (Fsp3) is 0.857. The molecule has 1 amide bonds. The zero-order valence-electron chi connectivity index (χ0n) is 11.8.